The van der Waals surface area contributed by atoms with Gasteiger partial charge < -0.3 is 31.2 Å². The summed E-state index contributed by atoms with van der Waals surface area (Å²) in [5, 5.41) is 46.6. The molecule has 2 aliphatic heterocycles. The number of nitrogens with zero attached hydrogens (tertiary/aromatic N) is 7. The molecule has 202 valence electrons. The number of aliphatic carboxylic acids is 2. The van der Waals surface area contributed by atoms with Crippen LogP contribution >= 0.6 is 34.9 Å². The lowest BCUT2D eigenvalue weighted by molar-refractivity contribution is -0.150. The van der Waals surface area contributed by atoms with Gasteiger partial charge in [-0.1, -0.05) is 16.9 Å². The molecule has 3 atom stereocenters. The number of aromatic nitrogens is 5. The van der Waals surface area contributed by atoms with E-state index in [0.717, 1.165) is 32.7 Å². The summed E-state index contributed by atoms with van der Waals surface area (Å²) in [4.78, 5) is 58.6. The van der Waals surface area contributed by atoms with Crippen LogP contribution in [0.1, 0.15) is 5.69 Å². The van der Waals surface area contributed by atoms with Crippen molar-refractivity contribution in [1.82, 2.24) is 35.4 Å². The summed E-state index contributed by atoms with van der Waals surface area (Å²) in [6.45, 7) is -0.403. The van der Waals surface area contributed by atoms with Crippen LogP contribution in [0.5, 0.6) is 0 Å². The topological polar surface area (TPSA) is 248 Å². The monoisotopic (exact) mass is 585 g/mol. The quantitative estimate of drug-likeness (QED) is 0.0831. The number of tetrazole rings is 1. The fourth-order valence-electron chi connectivity index (χ4n) is 3.50. The van der Waals surface area contributed by atoms with Gasteiger partial charge in [0.05, 0.1) is 6.54 Å². The Balaban J connectivity index is 1.47. The van der Waals surface area contributed by atoms with Gasteiger partial charge in [0.15, 0.2) is 16.9 Å². The van der Waals surface area contributed by atoms with Crippen molar-refractivity contribution >= 4 is 69.5 Å². The van der Waals surface area contributed by atoms with Crippen LogP contribution in [-0.2, 0) is 30.6 Å². The van der Waals surface area contributed by atoms with Gasteiger partial charge in [-0.15, -0.1) is 28.2 Å². The molecule has 2 aromatic rings. The van der Waals surface area contributed by atoms with Gasteiger partial charge >= 0.3 is 11.9 Å². The van der Waals surface area contributed by atoms with Crippen LogP contribution in [-0.4, -0.2) is 111 Å². The number of amides is 2. The number of aliphatic hydroxyl groups is 1. The van der Waals surface area contributed by atoms with Gasteiger partial charge in [-0.05, 0) is 16.0 Å². The first-order valence-electron chi connectivity index (χ1n) is 10.5. The fourth-order valence-corrected chi connectivity index (χ4v) is 6.42. The SMILES string of the molecule is CON=C(C(=O)NC1C(=O)N2C(C(=O)O)=C(CSc3nnnn3CC(O)C(=O)O)CS[C@@H]12)c1csc(N)n1. The number of oxime groups is 1. The lowest BCUT2D eigenvalue weighted by Crippen LogP contribution is -2.71. The molecule has 4 rings (SSSR count). The molecule has 2 aromatic heterocycles. The highest BCUT2D eigenvalue weighted by atomic mass is 32.2. The Morgan fingerprint density at radius 1 is 1.39 bits per heavy atom. The first kappa shape index (κ1) is 27.3. The highest BCUT2D eigenvalue weighted by molar-refractivity contribution is 8.01. The van der Waals surface area contributed by atoms with Crippen molar-refractivity contribution in [2.75, 3.05) is 24.3 Å². The number of β-lactam (4-membered cyclic amide) rings is 1. The highest BCUT2D eigenvalue weighted by Gasteiger charge is 2.54. The van der Waals surface area contributed by atoms with Crippen LogP contribution in [0, 0.1) is 0 Å². The van der Waals surface area contributed by atoms with Gasteiger partial charge in [0.2, 0.25) is 5.16 Å². The summed E-state index contributed by atoms with van der Waals surface area (Å²) < 4.78 is 1.08. The standard InChI is InChI=1S/C18H19N9O8S3/c1-35-23-9(7-5-37-17(19)20-7)12(29)21-10-13(30)27-11(16(33)34)6(3-36-14(10)27)4-38-18-22-24-25-26(18)2-8(28)15(31)32/h5,8,10,14,28H,2-4H2,1H3,(H2,19,20)(H,21,29)(H,31,32)(H,33,34)/t8?,10?,14-/m0/s1. The Morgan fingerprint density at radius 2 is 2.16 bits per heavy atom. The van der Waals surface area contributed by atoms with Crippen LogP contribution in [0.25, 0.3) is 0 Å². The maximum Gasteiger partial charge on any atom is 0.352 e. The summed E-state index contributed by atoms with van der Waals surface area (Å²) in [5.74, 6) is -3.86. The number of thioether (sulfide) groups is 2. The normalized spacial score (nSPS) is 20.0. The minimum absolute atomic E-state index is 0.0710. The third kappa shape index (κ3) is 5.42. The number of carboxylic acid groups (broad SMARTS) is 2. The van der Waals surface area contributed by atoms with E-state index in [0.29, 0.717) is 5.57 Å². The van der Waals surface area contributed by atoms with Crippen molar-refractivity contribution in [3.8, 4) is 0 Å². The van der Waals surface area contributed by atoms with E-state index in [1.165, 1.54) is 24.3 Å². The Hall–Kier alpha value is -3.75. The third-order valence-corrected chi connectivity index (χ3v) is 8.26. The van der Waals surface area contributed by atoms with Crippen molar-refractivity contribution in [2.45, 2.75) is 29.2 Å². The summed E-state index contributed by atoms with van der Waals surface area (Å²) >= 11 is 3.36. The molecule has 0 saturated carbocycles. The maximum atomic E-state index is 13.0. The number of carboxylic acids is 2. The lowest BCUT2D eigenvalue weighted by atomic mass is 10.0. The zero-order valence-electron chi connectivity index (χ0n) is 19.2. The number of rotatable bonds is 11. The maximum absolute atomic E-state index is 13.0. The highest BCUT2D eigenvalue weighted by Crippen LogP contribution is 2.41. The minimum Gasteiger partial charge on any atom is -0.479 e. The Morgan fingerprint density at radius 3 is 2.79 bits per heavy atom. The van der Waals surface area contributed by atoms with E-state index in [2.05, 4.69) is 31.0 Å². The fraction of sp³-hybridized carbons (Fsp3) is 0.389. The summed E-state index contributed by atoms with van der Waals surface area (Å²) in [6.07, 6.45) is -1.73. The number of fused-ring (bicyclic) bond motifs is 1. The Bertz CT molecular complexity index is 1340. The van der Waals surface area contributed by atoms with E-state index in [1.54, 1.807) is 0 Å². The van der Waals surface area contributed by atoms with E-state index >= 15 is 0 Å². The predicted octanol–water partition coefficient (Wildman–Crippen LogP) is -1.96. The second-order valence-electron chi connectivity index (χ2n) is 7.60. The van der Waals surface area contributed by atoms with Crippen molar-refractivity contribution in [3.05, 3.63) is 22.3 Å². The van der Waals surface area contributed by atoms with Crippen LogP contribution in [0.3, 0.4) is 0 Å². The number of anilines is 1. The molecule has 0 aromatic carbocycles. The van der Waals surface area contributed by atoms with E-state index in [-0.39, 0.29) is 38.9 Å². The molecule has 6 N–H and O–H groups in total. The average molecular weight is 586 g/mol. The molecule has 0 aliphatic carbocycles. The van der Waals surface area contributed by atoms with Crippen LogP contribution in [0.15, 0.2) is 27.0 Å². The van der Waals surface area contributed by atoms with Crippen LogP contribution in [0.2, 0.25) is 0 Å². The van der Waals surface area contributed by atoms with Crippen molar-refractivity contribution in [1.29, 1.82) is 0 Å². The first-order chi connectivity index (χ1) is 18.1. The second-order valence-corrected chi connectivity index (χ2v) is 10.5. The van der Waals surface area contributed by atoms with Gasteiger partial charge in [0, 0.05) is 16.9 Å². The summed E-state index contributed by atoms with van der Waals surface area (Å²) in [6, 6.07) is -1.01. The number of carbonyl (C=O) groups excluding carboxylic acids is 2. The molecule has 38 heavy (non-hydrogen) atoms. The van der Waals surface area contributed by atoms with Gasteiger partial charge in [-0.25, -0.2) is 19.3 Å². The van der Waals surface area contributed by atoms with Gasteiger partial charge in [-0.2, -0.15) is 0 Å². The summed E-state index contributed by atoms with van der Waals surface area (Å²) in [7, 11) is 1.24. The van der Waals surface area contributed by atoms with E-state index in [9.17, 15) is 29.4 Å². The minimum atomic E-state index is -1.73. The molecular weight excluding hydrogens is 566 g/mol. The molecule has 17 nitrogen and oxygen atoms in total. The predicted molar refractivity (Wildman–Crippen MR) is 132 cm³/mol. The summed E-state index contributed by atoms with van der Waals surface area (Å²) in [5.41, 5.74) is 5.77. The largest absolute Gasteiger partial charge is 0.479 e. The van der Waals surface area contributed by atoms with Gasteiger partial charge in [0.25, 0.3) is 11.8 Å². The number of nitrogens with two attached hydrogens (primary N) is 1. The number of aliphatic hydroxyl groups excluding tert-OH is 1. The van der Waals surface area contributed by atoms with E-state index in [1.807, 2.05) is 0 Å². The smallest absolute Gasteiger partial charge is 0.352 e. The van der Waals surface area contributed by atoms with Gasteiger partial charge in [0.1, 0.15) is 29.9 Å². The molecule has 4 heterocycles. The van der Waals surface area contributed by atoms with Gasteiger partial charge in [-0.3, -0.25) is 14.5 Å². The first-order valence-corrected chi connectivity index (χ1v) is 13.4. The van der Waals surface area contributed by atoms with Crippen LogP contribution in [0.4, 0.5) is 5.13 Å². The van der Waals surface area contributed by atoms with Crippen molar-refractivity contribution in [2.24, 2.45) is 5.16 Å². The van der Waals surface area contributed by atoms with Crippen molar-refractivity contribution < 1.29 is 39.3 Å². The molecule has 2 unspecified atom stereocenters. The lowest BCUT2D eigenvalue weighted by Gasteiger charge is -2.49. The average Bonchev–Trinajstić information content (AvgIpc) is 3.51. The Labute approximate surface area is 225 Å². The molecule has 20 heteroatoms. The number of nitrogen functional groups attached to an aromatic ring is 1. The molecular formula is C18H19N9O8S3. The molecule has 0 radical (unpaired) electrons. The molecule has 0 spiro atoms. The number of thiazole rings is 1. The number of carbonyl (C=O) groups is 4. The van der Waals surface area contributed by atoms with E-state index < -0.39 is 47.8 Å². The molecule has 0 bridgehead atoms. The number of hydrogen-bond acceptors (Lipinski definition) is 15. The van der Waals surface area contributed by atoms with Crippen LogP contribution < -0.4 is 11.1 Å². The zero-order chi connectivity index (χ0) is 27.6. The van der Waals surface area contributed by atoms with Crippen molar-refractivity contribution in [3.63, 3.8) is 0 Å². The second kappa shape index (κ2) is 11.3. The number of hydrogen-bond donors (Lipinski definition) is 5. The number of nitrogens with one attached hydrogen (secondary N) is 1. The molecule has 2 aliphatic rings. The Kier molecular flexibility index (Phi) is 8.14. The molecule has 1 saturated heterocycles. The zero-order valence-corrected chi connectivity index (χ0v) is 21.7. The molecule has 1 fully saturated rings. The van der Waals surface area contributed by atoms with E-state index in [4.69, 9.17) is 15.7 Å². The third-order valence-electron chi connectivity index (χ3n) is 5.20. The molecule has 2 amide bonds.